The van der Waals surface area contributed by atoms with Gasteiger partial charge in [0.1, 0.15) is 4.83 Å². The normalized spacial score (nSPS) is 11.1. The summed E-state index contributed by atoms with van der Waals surface area (Å²) in [5, 5.41) is 5.48. The molecule has 7 heteroatoms. The number of aryl methyl sites for hydroxylation is 2. The fraction of sp³-hybridized carbons (Fsp3) is 0.435. The summed E-state index contributed by atoms with van der Waals surface area (Å²) in [6, 6.07) is 8.11. The summed E-state index contributed by atoms with van der Waals surface area (Å²) in [7, 11) is 0. The molecule has 0 bridgehead atoms. The number of carbonyl (C=O) groups is 1. The molecule has 0 saturated heterocycles. The van der Waals surface area contributed by atoms with E-state index < -0.39 is 0 Å². The predicted molar refractivity (Wildman–Crippen MR) is 122 cm³/mol. The van der Waals surface area contributed by atoms with Crippen LogP contribution in [0.25, 0.3) is 21.3 Å². The average molecular weight is 428 g/mol. The second kappa shape index (κ2) is 11.0. The highest BCUT2D eigenvalue weighted by molar-refractivity contribution is 7.17. The van der Waals surface area contributed by atoms with E-state index >= 15 is 0 Å². The van der Waals surface area contributed by atoms with Gasteiger partial charge in [0.05, 0.1) is 11.7 Å². The zero-order valence-corrected chi connectivity index (χ0v) is 18.5. The van der Waals surface area contributed by atoms with E-state index in [1.165, 1.54) is 27.8 Å². The van der Waals surface area contributed by atoms with Crippen molar-refractivity contribution in [1.29, 1.82) is 0 Å². The van der Waals surface area contributed by atoms with Crippen molar-refractivity contribution in [2.75, 3.05) is 19.8 Å². The largest absolute Gasteiger partial charge is 0.381 e. The minimum Gasteiger partial charge on any atom is -0.381 e. The van der Waals surface area contributed by atoms with Crippen molar-refractivity contribution in [2.45, 2.75) is 46.1 Å². The van der Waals surface area contributed by atoms with Gasteiger partial charge in [0.25, 0.3) is 5.56 Å². The van der Waals surface area contributed by atoms with Gasteiger partial charge >= 0.3 is 0 Å². The molecule has 2 heterocycles. The maximum absolute atomic E-state index is 13.0. The Morgan fingerprint density at radius 1 is 1.20 bits per heavy atom. The van der Waals surface area contributed by atoms with E-state index in [0.717, 1.165) is 41.8 Å². The van der Waals surface area contributed by atoms with Crippen molar-refractivity contribution in [2.24, 2.45) is 0 Å². The molecule has 3 aromatic rings. The number of ether oxygens (including phenoxy) is 1. The Balaban J connectivity index is 1.58. The van der Waals surface area contributed by atoms with Crippen LogP contribution in [0.15, 0.2) is 40.8 Å². The Bertz CT molecular complexity index is 1020. The van der Waals surface area contributed by atoms with Crippen LogP contribution >= 0.6 is 11.3 Å². The van der Waals surface area contributed by atoms with Crippen LogP contribution in [0.3, 0.4) is 0 Å². The zero-order valence-electron chi connectivity index (χ0n) is 17.6. The number of hydrogen-bond acceptors (Lipinski definition) is 5. The highest BCUT2D eigenvalue weighted by Crippen LogP contribution is 2.30. The first-order valence-corrected chi connectivity index (χ1v) is 11.4. The Hall–Kier alpha value is -2.51. The van der Waals surface area contributed by atoms with Crippen LogP contribution in [-0.4, -0.2) is 35.2 Å². The van der Waals surface area contributed by atoms with Gasteiger partial charge in [0.2, 0.25) is 5.91 Å². The summed E-state index contributed by atoms with van der Waals surface area (Å²) in [6.07, 6.45) is 4.75. The molecule has 0 spiro atoms. The van der Waals surface area contributed by atoms with E-state index in [9.17, 15) is 9.59 Å². The van der Waals surface area contributed by atoms with E-state index in [4.69, 9.17) is 4.74 Å². The summed E-state index contributed by atoms with van der Waals surface area (Å²) in [6.45, 7) is 6.48. The standard InChI is InChI=1S/C23H29N3O3S/c1-3-4-13-29-14-5-11-24-20(27)10-12-26-16-25-22-21(23(26)28)19(15-30-22)18-8-6-17(2)7-9-18/h6-9,15-16H,3-5,10-14H2,1-2H3,(H,24,27). The third kappa shape index (κ3) is 5.77. The minimum atomic E-state index is -0.103. The molecule has 1 aromatic carbocycles. The number of hydrogen-bond donors (Lipinski definition) is 1. The fourth-order valence-electron chi connectivity index (χ4n) is 3.13. The lowest BCUT2D eigenvalue weighted by molar-refractivity contribution is -0.121. The van der Waals surface area contributed by atoms with Gasteiger partial charge in [-0.05, 0) is 25.3 Å². The van der Waals surface area contributed by atoms with E-state index in [-0.39, 0.29) is 17.9 Å². The molecule has 160 valence electrons. The van der Waals surface area contributed by atoms with Crippen LogP contribution in [0.4, 0.5) is 0 Å². The van der Waals surface area contributed by atoms with E-state index in [1.54, 1.807) is 0 Å². The zero-order chi connectivity index (χ0) is 21.3. The van der Waals surface area contributed by atoms with Crippen molar-refractivity contribution >= 4 is 27.5 Å². The van der Waals surface area contributed by atoms with Crippen LogP contribution in [0.1, 0.15) is 38.2 Å². The molecule has 0 fully saturated rings. The van der Waals surface area contributed by atoms with E-state index in [1.807, 2.05) is 36.6 Å². The van der Waals surface area contributed by atoms with Gasteiger partial charge in [-0.2, -0.15) is 0 Å². The van der Waals surface area contributed by atoms with Crippen LogP contribution in [0, 0.1) is 6.92 Å². The maximum atomic E-state index is 13.0. The van der Waals surface area contributed by atoms with Crippen LogP contribution < -0.4 is 10.9 Å². The molecule has 30 heavy (non-hydrogen) atoms. The Kier molecular flexibility index (Phi) is 8.16. The number of benzene rings is 1. The number of unbranched alkanes of at least 4 members (excludes halogenated alkanes) is 1. The lowest BCUT2D eigenvalue weighted by Gasteiger charge is -2.08. The Labute approximate surface area is 180 Å². The topological polar surface area (TPSA) is 73.2 Å². The van der Waals surface area contributed by atoms with E-state index in [0.29, 0.717) is 25.1 Å². The number of nitrogens with one attached hydrogen (secondary N) is 1. The van der Waals surface area contributed by atoms with Crippen molar-refractivity contribution < 1.29 is 9.53 Å². The number of nitrogens with zero attached hydrogens (tertiary/aromatic N) is 2. The number of amides is 1. The minimum absolute atomic E-state index is 0.0698. The maximum Gasteiger partial charge on any atom is 0.262 e. The SMILES string of the molecule is CCCCOCCCNC(=O)CCn1cnc2scc(-c3ccc(C)cc3)c2c1=O. The fourth-order valence-corrected chi connectivity index (χ4v) is 4.04. The average Bonchev–Trinajstić information content (AvgIpc) is 3.18. The quantitative estimate of drug-likeness (QED) is 0.467. The second-order valence-electron chi connectivity index (χ2n) is 7.36. The molecule has 1 N–H and O–H groups in total. The van der Waals surface area contributed by atoms with Crippen molar-refractivity contribution in [3.05, 3.63) is 51.9 Å². The van der Waals surface area contributed by atoms with Gasteiger partial charge in [-0.15, -0.1) is 11.3 Å². The number of fused-ring (bicyclic) bond motifs is 1. The van der Waals surface area contributed by atoms with Crippen molar-refractivity contribution in [3.63, 3.8) is 0 Å². The molecule has 3 rings (SSSR count). The van der Waals surface area contributed by atoms with Gasteiger partial charge in [-0.3, -0.25) is 14.2 Å². The number of aromatic nitrogens is 2. The molecule has 0 atom stereocenters. The van der Waals surface area contributed by atoms with Crippen molar-refractivity contribution in [1.82, 2.24) is 14.9 Å². The molecular weight excluding hydrogens is 398 g/mol. The molecule has 0 aliphatic carbocycles. The molecule has 6 nitrogen and oxygen atoms in total. The molecule has 0 aliphatic rings. The lowest BCUT2D eigenvalue weighted by atomic mass is 10.1. The van der Waals surface area contributed by atoms with Crippen LogP contribution in [0.5, 0.6) is 0 Å². The Morgan fingerprint density at radius 3 is 2.73 bits per heavy atom. The molecule has 2 aromatic heterocycles. The highest BCUT2D eigenvalue weighted by Gasteiger charge is 2.13. The molecule has 1 amide bonds. The van der Waals surface area contributed by atoms with Crippen LogP contribution in [0.2, 0.25) is 0 Å². The highest BCUT2D eigenvalue weighted by atomic mass is 32.1. The number of rotatable bonds is 11. The molecule has 0 aliphatic heterocycles. The summed E-state index contributed by atoms with van der Waals surface area (Å²) in [5.41, 5.74) is 2.97. The lowest BCUT2D eigenvalue weighted by Crippen LogP contribution is -2.28. The third-order valence-electron chi connectivity index (χ3n) is 4.93. The molecule has 0 saturated carbocycles. The van der Waals surface area contributed by atoms with Gasteiger partial charge in [0, 0.05) is 43.7 Å². The first kappa shape index (κ1) is 22.2. The summed E-state index contributed by atoms with van der Waals surface area (Å²) in [4.78, 5) is 30.3. The smallest absolute Gasteiger partial charge is 0.262 e. The van der Waals surface area contributed by atoms with Gasteiger partial charge < -0.3 is 10.1 Å². The number of thiophene rings is 1. The van der Waals surface area contributed by atoms with Gasteiger partial charge in [0.15, 0.2) is 0 Å². The van der Waals surface area contributed by atoms with E-state index in [2.05, 4.69) is 17.2 Å². The second-order valence-corrected chi connectivity index (χ2v) is 8.22. The molecular formula is C23H29N3O3S. The van der Waals surface area contributed by atoms with Gasteiger partial charge in [-0.1, -0.05) is 43.2 Å². The molecule has 0 unspecified atom stereocenters. The summed E-state index contributed by atoms with van der Waals surface area (Å²) in [5.74, 6) is -0.0698. The summed E-state index contributed by atoms with van der Waals surface area (Å²) >= 11 is 1.47. The summed E-state index contributed by atoms with van der Waals surface area (Å²) < 4.78 is 7.01. The van der Waals surface area contributed by atoms with Gasteiger partial charge in [-0.25, -0.2) is 4.98 Å². The van der Waals surface area contributed by atoms with Crippen LogP contribution in [-0.2, 0) is 16.1 Å². The Morgan fingerprint density at radius 2 is 1.97 bits per heavy atom. The molecule has 0 radical (unpaired) electrons. The monoisotopic (exact) mass is 427 g/mol. The number of carbonyl (C=O) groups excluding carboxylic acids is 1. The first-order chi connectivity index (χ1) is 14.6. The predicted octanol–water partition coefficient (Wildman–Crippen LogP) is 4.15. The third-order valence-corrected chi connectivity index (χ3v) is 5.82. The van der Waals surface area contributed by atoms with Crippen molar-refractivity contribution in [3.8, 4) is 11.1 Å². The first-order valence-electron chi connectivity index (χ1n) is 10.5.